The molecule has 0 aromatic carbocycles. The van der Waals surface area contributed by atoms with Crippen LogP contribution in [-0.2, 0) is 11.3 Å². The average molecular weight is 431 g/mol. The predicted octanol–water partition coefficient (Wildman–Crippen LogP) is 4.01. The summed E-state index contributed by atoms with van der Waals surface area (Å²) in [6, 6.07) is 0. The number of amides is 1. The second-order valence-corrected chi connectivity index (χ2v) is 10.4. The molecular formula is C22H34N6OS. The van der Waals surface area contributed by atoms with Crippen LogP contribution in [0.5, 0.6) is 0 Å². The third kappa shape index (κ3) is 5.25. The van der Waals surface area contributed by atoms with Crippen molar-refractivity contribution in [2.45, 2.75) is 82.2 Å². The van der Waals surface area contributed by atoms with Crippen molar-refractivity contribution in [3.05, 3.63) is 6.20 Å². The molecule has 1 saturated heterocycles. The minimum Gasteiger partial charge on any atom is -0.356 e. The van der Waals surface area contributed by atoms with Gasteiger partial charge in [0, 0.05) is 31.3 Å². The Hall–Kier alpha value is -1.83. The minimum absolute atomic E-state index is 0.168. The van der Waals surface area contributed by atoms with Crippen molar-refractivity contribution in [3.63, 3.8) is 0 Å². The number of carbonyl (C=O) groups is 1. The van der Waals surface area contributed by atoms with Crippen LogP contribution in [0.15, 0.2) is 11.4 Å². The highest BCUT2D eigenvalue weighted by molar-refractivity contribution is 7.99. The highest BCUT2D eigenvalue weighted by Gasteiger charge is 2.21. The molecule has 2 aromatic heterocycles. The van der Waals surface area contributed by atoms with E-state index in [0.29, 0.717) is 30.7 Å². The fourth-order valence-electron chi connectivity index (χ4n) is 4.54. The highest BCUT2D eigenvalue weighted by Crippen LogP contribution is 2.30. The Bertz CT molecular complexity index is 855. The molecule has 0 unspecified atom stereocenters. The smallest absolute Gasteiger partial charge is 0.220 e. The van der Waals surface area contributed by atoms with Gasteiger partial charge in [0.1, 0.15) is 5.82 Å². The summed E-state index contributed by atoms with van der Waals surface area (Å²) in [5.74, 6) is 1.74. The van der Waals surface area contributed by atoms with Crippen molar-refractivity contribution in [3.8, 4) is 0 Å². The molecule has 7 nitrogen and oxygen atoms in total. The van der Waals surface area contributed by atoms with E-state index in [2.05, 4.69) is 29.2 Å². The third-order valence-electron chi connectivity index (χ3n) is 6.05. The Labute approximate surface area is 183 Å². The maximum atomic E-state index is 12.3. The molecule has 2 aromatic rings. The summed E-state index contributed by atoms with van der Waals surface area (Å²) in [7, 11) is 0. The van der Waals surface area contributed by atoms with E-state index in [1.807, 2.05) is 10.9 Å². The molecule has 1 aliphatic heterocycles. The van der Waals surface area contributed by atoms with Crippen molar-refractivity contribution >= 4 is 34.5 Å². The van der Waals surface area contributed by atoms with Crippen molar-refractivity contribution in [2.75, 3.05) is 24.5 Å². The number of carbonyl (C=O) groups excluding carboxylic acids is 1. The summed E-state index contributed by atoms with van der Waals surface area (Å²) in [5.41, 5.74) is 0.872. The number of anilines is 1. The van der Waals surface area contributed by atoms with Crippen LogP contribution in [0.25, 0.3) is 11.0 Å². The topological polar surface area (TPSA) is 75.9 Å². The van der Waals surface area contributed by atoms with Crippen molar-refractivity contribution in [2.24, 2.45) is 5.92 Å². The van der Waals surface area contributed by atoms with Gasteiger partial charge in [-0.25, -0.2) is 14.6 Å². The van der Waals surface area contributed by atoms with Gasteiger partial charge in [0.2, 0.25) is 5.91 Å². The molecule has 0 spiro atoms. The van der Waals surface area contributed by atoms with Crippen LogP contribution >= 0.6 is 11.8 Å². The lowest BCUT2D eigenvalue weighted by Gasteiger charge is -2.20. The number of hydrogen-bond acceptors (Lipinski definition) is 6. The van der Waals surface area contributed by atoms with Crippen LogP contribution in [0, 0.1) is 5.92 Å². The first-order chi connectivity index (χ1) is 14.6. The number of nitrogens with zero attached hydrogens (tertiary/aromatic N) is 5. The first-order valence-corrected chi connectivity index (χ1v) is 12.4. The van der Waals surface area contributed by atoms with Crippen LogP contribution in [0.1, 0.15) is 65.2 Å². The number of thioether (sulfide) groups is 1. The van der Waals surface area contributed by atoms with Gasteiger partial charge in [0.15, 0.2) is 10.8 Å². The molecule has 0 bridgehead atoms. The van der Waals surface area contributed by atoms with Crippen LogP contribution < -0.4 is 10.2 Å². The molecule has 1 aliphatic carbocycles. The van der Waals surface area contributed by atoms with E-state index in [1.54, 1.807) is 11.8 Å². The van der Waals surface area contributed by atoms with Crippen molar-refractivity contribution in [1.29, 1.82) is 0 Å². The molecule has 2 fully saturated rings. The fraction of sp³-hybridized carbons (Fsp3) is 0.727. The zero-order chi connectivity index (χ0) is 20.9. The number of fused-ring (bicyclic) bond motifs is 1. The Morgan fingerprint density at radius 1 is 1.17 bits per heavy atom. The van der Waals surface area contributed by atoms with Crippen LogP contribution in [0.2, 0.25) is 0 Å². The zero-order valence-electron chi connectivity index (χ0n) is 18.3. The summed E-state index contributed by atoms with van der Waals surface area (Å²) in [6.07, 6.45) is 11.2. The quantitative estimate of drug-likeness (QED) is 0.504. The van der Waals surface area contributed by atoms with Gasteiger partial charge >= 0.3 is 0 Å². The molecular weight excluding hydrogens is 396 g/mol. The van der Waals surface area contributed by atoms with Gasteiger partial charge in [0.05, 0.1) is 18.1 Å². The average Bonchev–Trinajstić information content (AvgIpc) is 3.38. The van der Waals surface area contributed by atoms with Crippen LogP contribution in [0.3, 0.4) is 0 Å². The first kappa shape index (κ1) is 21.4. The lowest BCUT2D eigenvalue weighted by molar-refractivity contribution is -0.122. The summed E-state index contributed by atoms with van der Waals surface area (Å²) >= 11 is 1.69. The van der Waals surface area contributed by atoms with Crippen LogP contribution in [-0.4, -0.2) is 50.5 Å². The van der Waals surface area contributed by atoms with Gasteiger partial charge in [-0.15, -0.1) is 0 Å². The molecule has 2 aliphatic rings. The standard InChI is InChI=1S/C22H34N6OS/c1-16(2)30-22-25-20(27-11-6-7-12-27)18-15-24-28(21(18)26-22)13-10-23-19(29)14-17-8-4-3-5-9-17/h15-17H,3-14H2,1-2H3,(H,23,29). The van der Waals surface area contributed by atoms with E-state index in [4.69, 9.17) is 9.97 Å². The Morgan fingerprint density at radius 3 is 2.67 bits per heavy atom. The van der Waals surface area contributed by atoms with Gasteiger partial charge < -0.3 is 10.2 Å². The molecule has 8 heteroatoms. The molecule has 0 atom stereocenters. The van der Waals surface area contributed by atoms with E-state index in [9.17, 15) is 4.79 Å². The lowest BCUT2D eigenvalue weighted by atomic mass is 9.87. The Kier molecular flexibility index (Phi) is 7.12. The van der Waals surface area contributed by atoms with E-state index < -0.39 is 0 Å². The molecule has 164 valence electrons. The largest absolute Gasteiger partial charge is 0.356 e. The highest BCUT2D eigenvalue weighted by atomic mass is 32.2. The van der Waals surface area contributed by atoms with E-state index in [0.717, 1.165) is 35.1 Å². The maximum Gasteiger partial charge on any atom is 0.220 e. The molecule has 3 heterocycles. The molecule has 0 radical (unpaired) electrons. The zero-order valence-corrected chi connectivity index (χ0v) is 19.1. The fourth-order valence-corrected chi connectivity index (χ4v) is 5.24. The summed E-state index contributed by atoms with van der Waals surface area (Å²) in [4.78, 5) is 24.4. The van der Waals surface area contributed by atoms with Gasteiger partial charge in [-0.2, -0.15) is 5.10 Å². The number of nitrogens with one attached hydrogen (secondary N) is 1. The second kappa shape index (κ2) is 9.98. The van der Waals surface area contributed by atoms with E-state index >= 15 is 0 Å². The third-order valence-corrected chi connectivity index (χ3v) is 6.91. The van der Waals surface area contributed by atoms with Crippen molar-refractivity contribution < 1.29 is 4.79 Å². The predicted molar refractivity (Wildman–Crippen MR) is 122 cm³/mol. The maximum absolute atomic E-state index is 12.3. The van der Waals surface area contributed by atoms with E-state index in [1.165, 1.54) is 44.9 Å². The van der Waals surface area contributed by atoms with Gasteiger partial charge in [-0.1, -0.05) is 44.9 Å². The Balaban J connectivity index is 1.44. The monoisotopic (exact) mass is 430 g/mol. The van der Waals surface area contributed by atoms with Gasteiger partial charge in [-0.05, 0) is 31.6 Å². The number of rotatable bonds is 8. The SMILES string of the molecule is CC(C)Sc1nc(N2CCCC2)c2cnn(CCNC(=O)CC3CCCCC3)c2n1. The molecule has 1 saturated carbocycles. The number of aromatic nitrogens is 4. The summed E-state index contributed by atoms with van der Waals surface area (Å²) in [6.45, 7) is 7.61. The molecule has 1 N–H and O–H groups in total. The van der Waals surface area contributed by atoms with Gasteiger partial charge in [-0.3, -0.25) is 4.79 Å². The van der Waals surface area contributed by atoms with Crippen molar-refractivity contribution in [1.82, 2.24) is 25.1 Å². The molecule has 4 rings (SSSR count). The normalized spacial score (nSPS) is 17.9. The molecule has 1 amide bonds. The number of hydrogen-bond donors (Lipinski definition) is 1. The van der Waals surface area contributed by atoms with Gasteiger partial charge in [0.25, 0.3) is 0 Å². The Morgan fingerprint density at radius 2 is 1.93 bits per heavy atom. The molecule has 30 heavy (non-hydrogen) atoms. The lowest BCUT2D eigenvalue weighted by Crippen LogP contribution is -2.29. The summed E-state index contributed by atoms with van der Waals surface area (Å²) in [5, 5.41) is 9.92. The second-order valence-electron chi connectivity index (χ2n) is 8.85. The van der Waals surface area contributed by atoms with E-state index in [-0.39, 0.29) is 5.91 Å². The summed E-state index contributed by atoms with van der Waals surface area (Å²) < 4.78 is 1.92. The first-order valence-electron chi connectivity index (χ1n) is 11.5. The minimum atomic E-state index is 0.168. The van der Waals surface area contributed by atoms with Crippen LogP contribution in [0.4, 0.5) is 5.82 Å².